The quantitative estimate of drug-likeness (QED) is 0.815. The zero-order valence-corrected chi connectivity index (χ0v) is 10.1. The van der Waals surface area contributed by atoms with E-state index in [0.29, 0.717) is 0 Å². The molecule has 1 aromatic heterocycles. The lowest BCUT2D eigenvalue weighted by Gasteiger charge is -2.30. The van der Waals surface area contributed by atoms with Crippen LogP contribution in [0, 0.1) is 5.92 Å². The Hall–Kier alpha value is -1.16. The predicted molar refractivity (Wildman–Crippen MR) is 65.4 cm³/mol. The van der Waals surface area contributed by atoms with Crippen molar-refractivity contribution in [1.82, 2.24) is 15.5 Å². The van der Waals surface area contributed by atoms with Gasteiger partial charge < -0.3 is 10.2 Å². The van der Waals surface area contributed by atoms with Gasteiger partial charge in [-0.1, -0.05) is 6.42 Å². The summed E-state index contributed by atoms with van der Waals surface area (Å²) in [6, 6.07) is 4.09. The van der Waals surface area contributed by atoms with Crippen molar-refractivity contribution >= 4 is 5.82 Å². The molecule has 0 saturated heterocycles. The molecule has 1 aromatic rings. The second-order valence-electron chi connectivity index (χ2n) is 4.59. The molecule has 1 aliphatic carbocycles. The number of aromatic nitrogens is 2. The van der Waals surface area contributed by atoms with Crippen LogP contribution in [0.3, 0.4) is 0 Å². The van der Waals surface area contributed by atoms with Gasteiger partial charge in [0.1, 0.15) is 0 Å². The molecule has 0 amide bonds. The third-order valence-electron chi connectivity index (χ3n) is 3.21. The van der Waals surface area contributed by atoms with Crippen LogP contribution in [-0.2, 0) is 6.54 Å². The van der Waals surface area contributed by atoms with Crippen LogP contribution in [0.5, 0.6) is 0 Å². The summed E-state index contributed by atoms with van der Waals surface area (Å²) in [5.41, 5.74) is 0.989. The Morgan fingerprint density at radius 2 is 2.19 bits per heavy atom. The normalized spacial score (nSPS) is 15.9. The van der Waals surface area contributed by atoms with E-state index in [-0.39, 0.29) is 0 Å². The van der Waals surface area contributed by atoms with Gasteiger partial charge in [-0.15, -0.1) is 5.10 Å². The SMILES string of the molecule is CNCc1ccc(N(C)CC2CCC2)nn1. The highest BCUT2D eigenvalue weighted by molar-refractivity contribution is 5.36. The van der Waals surface area contributed by atoms with Crippen molar-refractivity contribution < 1.29 is 0 Å². The van der Waals surface area contributed by atoms with Gasteiger partial charge in [0.25, 0.3) is 0 Å². The first-order chi connectivity index (χ1) is 7.79. The third-order valence-corrected chi connectivity index (χ3v) is 3.21. The van der Waals surface area contributed by atoms with Gasteiger partial charge in [-0.05, 0) is 37.9 Å². The Morgan fingerprint density at radius 3 is 2.69 bits per heavy atom. The monoisotopic (exact) mass is 220 g/mol. The molecule has 1 fully saturated rings. The molecule has 16 heavy (non-hydrogen) atoms. The van der Waals surface area contributed by atoms with Gasteiger partial charge in [-0.2, -0.15) is 5.10 Å². The van der Waals surface area contributed by atoms with E-state index in [2.05, 4.69) is 33.5 Å². The Bertz CT molecular complexity index is 318. The standard InChI is InChI=1S/C12H20N4/c1-13-8-11-6-7-12(15-14-11)16(2)9-10-4-3-5-10/h6-7,10,13H,3-5,8-9H2,1-2H3. The van der Waals surface area contributed by atoms with Crippen molar-refractivity contribution in [2.45, 2.75) is 25.8 Å². The maximum atomic E-state index is 4.24. The lowest BCUT2D eigenvalue weighted by molar-refractivity contribution is 0.321. The van der Waals surface area contributed by atoms with E-state index in [1.165, 1.54) is 19.3 Å². The molecule has 1 heterocycles. The summed E-state index contributed by atoms with van der Waals surface area (Å²) < 4.78 is 0. The van der Waals surface area contributed by atoms with Gasteiger partial charge in [0.05, 0.1) is 5.69 Å². The summed E-state index contributed by atoms with van der Waals surface area (Å²) >= 11 is 0. The minimum absolute atomic E-state index is 0.777. The van der Waals surface area contributed by atoms with Gasteiger partial charge in [0.15, 0.2) is 5.82 Å². The molecular formula is C12H20N4. The summed E-state index contributed by atoms with van der Waals surface area (Å²) in [4.78, 5) is 2.21. The van der Waals surface area contributed by atoms with E-state index < -0.39 is 0 Å². The molecule has 4 heteroatoms. The summed E-state index contributed by atoms with van der Waals surface area (Å²) in [6.07, 6.45) is 4.14. The number of hydrogen-bond acceptors (Lipinski definition) is 4. The molecule has 1 N–H and O–H groups in total. The molecule has 1 aliphatic rings. The molecule has 0 radical (unpaired) electrons. The molecule has 88 valence electrons. The number of anilines is 1. The highest BCUT2D eigenvalue weighted by Gasteiger charge is 2.19. The zero-order chi connectivity index (χ0) is 11.4. The van der Waals surface area contributed by atoms with Crippen LogP contribution < -0.4 is 10.2 Å². The Kier molecular flexibility index (Phi) is 3.72. The molecule has 0 bridgehead atoms. The maximum Gasteiger partial charge on any atom is 0.150 e. The van der Waals surface area contributed by atoms with Gasteiger partial charge in [-0.25, -0.2) is 0 Å². The first kappa shape index (κ1) is 11.3. The van der Waals surface area contributed by atoms with Crippen molar-refractivity contribution in [3.63, 3.8) is 0 Å². The minimum atomic E-state index is 0.777. The number of nitrogens with one attached hydrogen (secondary N) is 1. The van der Waals surface area contributed by atoms with E-state index in [9.17, 15) is 0 Å². The van der Waals surface area contributed by atoms with Crippen molar-refractivity contribution in [3.05, 3.63) is 17.8 Å². The topological polar surface area (TPSA) is 41.0 Å². The number of nitrogens with zero attached hydrogens (tertiary/aromatic N) is 3. The predicted octanol–water partition coefficient (Wildman–Crippen LogP) is 1.43. The summed E-state index contributed by atoms with van der Waals surface area (Å²) in [6.45, 7) is 1.89. The summed E-state index contributed by atoms with van der Waals surface area (Å²) in [5.74, 6) is 1.84. The Labute approximate surface area is 97.1 Å². The largest absolute Gasteiger partial charge is 0.358 e. The number of hydrogen-bond donors (Lipinski definition) is 1. The number of rotatable bonds is 5. The van der Waals surface area contributed by atoms with E-state index >= 15 is 0 Å². The fourth-order valence-electron chi connectivity index (χ4n) is 1.99. The summed E-state index contributed by atoms with van der Waals surface area (Å²) in [7, 11) is 4.01. The molecule has 0 atom stereocenters. The van der Waals surface area contributed by atoms with Gasteiger partial charge >= 0.3 is 0 Å². The van der Waals surface area contributed by atoms with Crippen molar-refractivity contribution in [2.24, 2.45) is 5.92 Å². The van der Waals surface area contributed by atoms with Crippen LogP contribution in [0.15, 0.2) is 12.1 Å². The van der Waals surface area contributed by atoms with Crippen LogP contribution in [-0.4, -0.2) is 30.8 Å². The molecule has 0 aliphatic heterocycles. The van der Waals surface area contributed by atoms with E-state index in [1.54, 1.807) is 0 Å². The second-order valence-corrected chi connectivity index (χ2v) is 4.59. The lowest BCUT2D eigenvalue weighted by atomic mass is 9.85. The molecule has 1 saturated carbocycles. The summed E-state index contributed by atoms with van der Waals surface area (Å²) in [5, 5.41) is 11.5. The van der Waals surface area contributed by atoms with Crippen molar-refractivity contribution in [3.8, 4) is 0 Å². The zero-order valence-electron chi connectivity index (χ0n) is 10.1. The first-order valence-corrected chi connectivity index (χ1v) is 5.98. The van der Waals surface area contributed by atoms with Crippen molar-refractivity contribution in [2.75, 3.05) is 25.5 Å². The van der Waals surface area contributed by atoms with Crippen LogP contribution in [0.1, 0.15) is 25.0 Å². The molecule has 0 aromatic carbocycles. The fraction of sp³-hybridized carbons (Fsp3) is 0.667. The third kappa shape index (κ3) is 2.70. The second kappa shape index (κ2) is 5.25. The highest BCUT2D eigenvalue weighted by Crippen LogP contribution is 2.27. The van der Waals surface area contributed by atoms with Gasteiger partial charge in [0.2, 0.25) is 0 Å². The van der Waals surface area contributed by atoms with E-state index in [1.807, 2.05) is 13.1 Å². The Balaban J connectivity index is 1.91. The van der Waals surface area contributed by atoms with Gasteiger partial charge in [0, 0.05) is 20.1 Å². The van der Waals surface area contributed by atoms with E-state index in [4.69, 9.17) is 0 Å². The fourth-order valence-corrected chi connectivity index (χ4v) is 1.99. The lowest BCUT2D eigenvalue weighted by Crippen LogP contribution is -2.30. The molecule has 2 rings (SSSR count). The first-order valence-electron chi connectivity index (χ1n) is 5.98. The van der Waals surface area contributed by atoms with Crippen LogP contribution in [0.4, 0.5) is 5.82 Å². The van der Waals surface area contributed by atoms with Gasteiger partial charge in [-0.3, -0.25) is 0 Å². The van der Waals surface area contributed by atoms with Crippen LogP contribution in [0.25, 0.3) is 0 Å². The molecule has 4 nitrogen and oxygen atoms in total. The molecule has 0 unspecified atom stereocenters. The smallest absolute Gasteiger partial charge is 0.150 e. The van der Waals surface area contributed by atoms with E-state index in [0.717, 1.165) is 30.5 Å². The molecule has 0 spiro atoms. The average Bonchev–Trinajstić information content (AvgIpc) is 2.25. The van der Waals surface area contributed by atoms with Crippen molar-refractivity contribution in [1.29, 1.82) is 0 Å². The minimum Gasteiger partial charge on any atom is -0.358 e. The average molecular weight is 220 g/mol. The maximum absolute atomic E-state index is 4.24. The highest BCUT2D eigenvalue weighted by atomic mass is 15.2. The Morgan fingerprint density at radius 1 is 1.38 bits per heavy atom. The van der Waals surface area contributed by atoms with Crippen LogP contribution >= 0.6 is 0 Å². The van der Waals surface area contributed by atoms with Crippen LogP contribution in [0.2, 0.25) is 0 Å². The molecular weight excluding hydrogens is 200 g/mol.